The van der Waals surface area contributed by atoms with Crippen LogP contribution in [0.2, 0.25) is 15.5 Å². The zero-order chi connectivity index (χ0) is 104. The number of thiophene rings is 5. The second-order valence-electron chi connectivity index (χ2n) is 26.3. The molecule has 0 aliphatic heterocycles. The number of nitriles is 3. The van der Waals surface area contributed by atoms with Crippen molar-refractivity contribution in [1.29, 1.82) is 15.8 Å². The Bertz CT molecular complexity index is 6720. The Morgan fingerprint density at radius 3 is 1.09 bits per heavy atom. The van der Waals surface area contributed by atoms with E-state index in [0.29, 0.717) is 137 Å². The Morgan fingerprint density at radius 2 is 0.779 bits per heavy atom. The molecule has 0 bridgehead atoms. The number of ether oxygens (including phenoxy) is 5. The summed E-state index contributed by atoms with van der Waals surface area (Å²) >= 11 is 24.4. The van der Waals surface area contributed by atoms with Gasteiger partial charge in [-0.05, 0) is 149 Å². The number of hydrogen-bond donors (Lipinski definition) is 11. The monoisotopic (exact) mass is 2170 g/mol. The Balaban J connectivity index is 0.00000155. The minimum atomic E-state index is -2.76. The van der Waals surface area contributed by atoms with Gasteiger partial charge in [-0.3, -0.25) is 9.59 Å². The van der Waals surface area contributed by atoms with E-state index in [0.717, 1.165) is 103 Å². The van der Waals surface area contributed by atoms with Gasteiger partial charge in [0, 0.05) is 39.4 Å². The van der Waals surface area contributed by atoms with E-state index in [9.17, 15) is 56.0 Å². The van der Waals surface area contributed by atoms with Crippen molar-refractivity contribution < 1.29 is 136 Å². The van der Waals surface area contributed by atoms with Gasteiger partial charge in [-0.2, -0.15) is 48.8 Å². The number of aromatic nitrogens is 16. The molecule has 60 heteroatoms. The van der Waals surface area contributed by atoms with Gasteiger partial charge in [0.1, 0.15) is 89.4 Å². The number of thiol groups is 1. The van der Waals surface area contributed by atoms with E-state index in [1.54, 1.807) is 76.2 Å². The number of esters is 5. The van der Waals surface area contributed by atoms with Gasteiger partial charge in [0.05, 0.1) is 113 Å². The summed E-state index contributed by atoms with van der Waals surface area (Å²) < 4.78 is 92.2. The number of carboxylic acid groups (broad SMARTS) is 1. The van der Waals surface area contributed by atoms with Gasteiger partial charge in [0.2, 0.25) is 0 Å². The van der Waals surface area contributed by atoms with Gasteiger partial charge < -0.3 is 79.8 Å². The van der Waals surface area contributed by atoms with Gasteiger partial charge >= 0.3 is 77.2 Å². The molecule has 13 aromatic heterocycles. The van der Waals surface area contributed by atoms with Gasteiger partial charge in [0.25, 0.3) is 18.5 Å². The summed E-state index contributed by atoms with van der Waals surface area (Å²) in [6, 6.07) is 5.89. The normalized spacial score (nSPS) is 9.94. The molecule has 0 atom stereocenters. The molecule has 0 spiro atoms. The topological polar surface area (TPSA) is 740 Å². The molecule has 13 heterocycles. The number of alkyl halides is 4. The molecular formula is C80H92Cl4F4LiMnN26O18S6+. The summed E-state index contributed by atoms with van der Waals surface area (Å²) in [5.74, 6) is 1.55. The average Bonchev–Trinajstić information content (AvgIpc) is 1.66. The minimum absolute atomic E-state index is 0. The van der Waals surface area contributed by atoms with Crippen molar-refractivity contribution in [3.8, 4) is 18.2 Å². The van der Waals surface area contributed by atoms with Crippen LogP contribution in [0.5, 0.6) is 0 Å². The summed E-state index contributed by atoms with van der Waals surface area (Å²) in [7, 11) is 0. The van der Waals surface area contributed by atoms with Gasteiger partial charge in [-0.25, -0.2) is 41.5 Å². The third-order valence-corrected chi connectivity index (χ3v) is 24.7. The second kappa shape index (κ2) is 62.2. The zero-order valence-corrected chi connectivity index (χ0v) is 86.9. The van der Waals surface area contributed by atoms with Crippen molar-refractivity contribution >= 4 is 238 Å². The Hall–Kier alpha value is -12.0. The number of anilines is 5. The Morgan fingerprint density at radius 1 is 0.479 bits per heavy atom. The SMILES string of the molecule is CCOC(=O)CS.CCOC(=O)c1sc2nnc(C(F)F)c(C)c2c1N.CCOC(=O)c1sc2nnc(C=O)c(C)c2c1N.CCOC(=O)c1sc2nnc(CC)c(C)c2c1N.CCOC(=O)c1sc2nnc(CO)c(C)c2c1N.CCc1nnc(Cl)c(C#N)c1C.Cc1c(C#N)c(Cl)[nH][n+](=O)c1C.Cc1c(C(F)F)nnc2sc(C(=O)O)c(N)c12.Cc1nnc(Cl)c(C#N)c1C.Cl.N.[Li+].[NH-]O.[O]=[Mn]=[O]. The third kappa shape index (κ3) is 32.5. The Kier molecular flexibility index (Phi) is 56.9. The number of rotatable bonds is 17. The van der Waals surface area contributed by atoms with Crippen LogP contribution in [0, 0.1) is 108 Å². The molecule has 18 N–H and O–H groups in total. The number of hydrogen-bond acceptors (Lipinski definition) is 46. The molecule has 13 aromatic rings. The van der Waals surface area contributed by atoms with Gasteiger partial charge in [-0.15, -0.1) is 125 Å². The first-order valence-electron chi connectivity index (χ1n) is 39.0. The number of nitrogens with two attached hydrogens (primary N) is 5. The zero-order valence-electron chi connectivity index (χ0n) is 77.6. The number of halogens is 8. The number of fused-ring (bicyclic) bond motifs is 5. The summed E-state index contributed by atoms with van der Waals surface area (Å²) in [4.78, 5) is 93.1. The summed E-state index contributed by atoms with van der Waals surface area (Å²) in [6.45, 7) is 31.1. The van der Waals surface area contributed by atoms with Gasteiger partial charge in [-0.1, -0.05) is 48.7 Å². The molecule has 0 amide bonds. The number of carboxylic acids is 1. The van der Waals surface area contributed by atoms with E-state index < -0.39 is 68.9 Å². The standard InChI is InChI=1S/C12H15N3O2S.C11H11F2N3O2S.C11H13N3O3S.C11H11N3O3S.C9H7F2N3O2S.C8H8ClN3.C7H7ClN3O.C7H6ClN3.C4H8O2S.ClH.Li.Mn.H2NO.H3N.2O/c1-4-7-6(3)8-9(13)10(12(16)17-5-2)18-11(8)15-14-7;1-3-18-11(17)8-6(14)5-4(2)7(9(12)13)15-16-10(5)19-8;2*1-3-17-11(16)9-8(12)7-5(2)6(4-15)13-14-10(7)18-9;1-2-3-4(12)6(9(15)16)17-8(3)14-13-5(2)7(10)11;1-3-7-5(2)6(4-10)8(9)12-11-7;1-4-5(2)11(12)10-7(8)6(4)3-9;1-4-5(2)10-11-7(8)6(4)3-9;1-2-6-4(5)3-7;;;;1-2;;;/h4-5,13H2,1-3H3;9H,3,14H2,1-2H3;15H,3-4,12H2,1-2H3;4H,3,12H2,1-2H3;7H,12H2,1H3,(H,15,16);3H2,1-2H3;1-2H3,(H,10,12);1-2H3;7H,2-3H2,1H3;1H;;;1-2H;1H3;;/q;;;;;;+1;;;;+1;;-1;;;. The summed E-state index contributed by atoms with van der Waals surface area (Å²) in [5, 5.41) is 108. The molecule has 0 aliphatic rings. The molecule has 0 aliphatic carbocycles. The molecule has 0 fully saturated rings. The number of aryl methyl sites for hydroxylation is 8. The second-order valence-corrected chi connectivity index (χ2v) is 32.9. The van der Waals surface area contributed by atoms with E-state index in [2.05, 4.69) is 93.8 Å². The van der Waals surface area contributed by atoms with Crippen LogP contribution in [0.25, 0.3) is 57.0 Å². The first-order chi connectivity index (χ1) is 64.8. The Labute approximate surface area is 859 Å². The van der Waals surface area contributed by atoms with E-state index in [1.807, 2.05) is 45.9 Å². The van der Waals surface area contributed by atoms with E-state index in [-0.39, 0.29) is 133 Å². The number of H-pyrrole nitrogens is 1. The predicted octanol–water partition coefficient (Wildman–Crippen LogP) is 12.9. The summed E-state index contributed by atoms with van der Waals surface area (Å²) in [5.41, 5.74) is 39.5. The molecule has 0 aromatic carbocycles. The maximum absolute atomic E-state index is 12.7. The van der Waals surface area contributed by atoms with Crippen LogP contribution >= 0.6 is 117 Å². The van der Waals surface area contributed by atoms with Crippen molar-refractivity contribution in [3.05, 3.63) is 157 Å². The predicted molar refractivity (Wildman–Crippen MR) is 515 cm³/mol. The van der Waals surface area contributed by atoms with Crippen LogP contribution in [0.4, 0.5) is 46.0 Å². The van der Waals surface area contributed by atoms with Crippen LogP contribution in [0.3, 0.4) is 0 Å². The maximum atomic E-state index is 12.7. The first-order valence-corrected chi connectivity index (χ1v) is 45.9. The van der Waals surface area contributed by atoms with Crippen LogP contribution in [-0.4, -0.2) is 173 Å². The van der Waals surface area contributed by atoms with Crippen molar-refractivity contribution in [1.82, 2.24) is 82.6 Å². The van der Waals surface area contributed by atoms with Crippen LogP contribution in [0.1, 0.15) is 221 Å². The summed E-state index contributed by atoms with van der Waals surface area (Å²) in [6.07, 6.45) is -3.33. The molecule has 13 rings (SSSR count). The van der Waals surface area contributed by atoms with Crippen molar-refractivity contribution in [2.45, 2.75) is 150 Å². The number of aliphatic hydroxyl groups is 1. The van der Waals surface area contributed by atoms with Crippen LogP contribution < -0.4 is 58.2 Å². The third-order valence-electron chi connectivity index (χ3n) is 18.3. The molecule has 749 valence electrons. The van der Waals surface area contributed by atoms with E-state index >= 15 is 0 Å². The number of aliphatic hydroxyl groups excluding tert-OH is 1. The van der Waals surface area contributed by atoms with E-state index in [1.165, 1.54) is 25.2 Å². The van der Waals surface area contributed by atoms with Gasteiger partial charge in [0.15, 0.2) is 26.3 Å². The molecule has 0 saturated carbocycles. The fourth-order valence-corrected chi connectivity index (χ4v) is 16.9. The quantitative estimate of drug-likeness (QED) is 0.00589. The molecule has 0 unspecified atom stereocenters. The first kappa shape index (κ1) is 128. The van der Waals surface area contributed by atoms with Crippen LogP contribution in [-0.2, 0) is 70.4 Å². The number of carbonyl (C=O) groups is 7. The number of carbonyl (C=O) groups excluding carboxylic acids is 6. The molecule has 0 radical (unpaired) electrons. The number of nitrogens with one attached hydrogen (secondary N) is 2. The van der Waals surface area contributed by atoms with Crippen molar-refractivity contribution in [2.24, 2.45) is 0 Å². The van der Waals surface area contributed by atoms with Crippen LogP contribution in [0.15, 0.2) is 0 Å². The molecule has 0 saturated heterocycles. The number of aldehydes is 1. The average molecular weight is 2180 g/mol. The van der Waals surface area contributed by atoms with E-state index in [4.69, 9.17) is 127 Å². The fourth-order valence-electron chi connectivity index (χ4n) is 11.2. The fraction of sp³-hybridized carbons (Fsp3) is 0.350. The molecule has 140 heavy (non-hydrogen) atoms. The van der Waals surface area contributed by atoms with Crippen molar-refractivity contribution in [2.75, 3.05) is 67.5 Å². The number of nitrogen functional groups attached to an aromatic ring is 5. The molecule has 44 nitrogen and oxygen atoms in total. The number of nitrogens with zero attached hydrogens (tertiary/aromatic N) is 18. The molecular weight excluding hydrogens is 2090 g/mol. The number of aromatic carboxylic acids is 1. The number of aromatic amines is 1. The van der Waals surface area contributed by atoms with Crippen molar-refractivity contribution in [3.63, 3.8) is 0 Å².